The summed E-state index contributed by atoms with van der Waals surface area (Å²) >= 11 is 5.99. The Kier molecular flexibility index (Phi) is 3.25. The van der Waals surface area contributed by atoms with E-state index in [0.717, 1.165) is 6.42 Å². The first-order valence-corrected chi connectivity index (χ1v) is 7.99. The molecule has 1 aromatic carbocycles. The highest BCUT2D eigenvalue weighted by atomic mass is 35.5. The van der Waals surface area contributed by atoms with Crippen molar-refractivity contribution in [2.75, 3.05) is 5.73 Å². The minimum absolute atomic E-state index is 0.0706. The number of rotatable bonds is 2. The number of fused-ring (bicyclic) bond motifs is 2. The Morgan fingerprint density at radius 2 is 2.05 bits per heavy atom. The molecule has 0 spiro atoms. The largest absolute Gasteiger partial charge is 0.399 e. The Hall–Kier alpha value is -1.22. The fourth-order valence-electron chi connectivity index (χ4n) is 4.41. The van der Waals surface area contributed by atoms with Crippen molar-refractivity contribution in [3.8, 4) is 0 Å². The van der Waals surface area contributed by atoms with Crippen LogP contribution in [0.3, 0.4) is 0 Å². The van der Waals surface area contributed by atoms with E-state index >= 15 is 0 Å². The Bertz CT molecular complexity index is 578. The highest BCUT2D eigenvalue weighted by Gasteiger charge is 2.61. The summed E-state index contributed by atoms with van der Waals surface area (Å²) < 4.78 is 0. The predicted octanol–water partition coefficient (Wildman–Crippen LogP) is 3.87. The van der Waals surface area contributed by atoms with Crippen molar-refractivity contribution >= 4 is 23.2 Å². The van der Waals surface area contributed by atoms with E-state index in [1.165, 1.54) is 12.8 Å². The lowest BCUT2D eigenvalue weighted by molar-refractivity contribution is 0.0826. The number of anilines is 1. The molecule has 3 nitrogen and oxygen atoms in total. The maximum atomic E-state index is 12.5. The van der Waals surface area contributed by atoms with Gasteiger partial charge in [-0.1, -0.05) is 32.4 Å². The number of nitrogens with one attached hydrogen (secondary N) is 1. The van der Waals surface area contributed by atoms with Crippen LogP contribution in [-0.2, 0) is 0 Å². The van der Waals surface area contributed by atoms with Gasteiger partial charge in [0.1, 0.15) is 0 Å². The summed E-state index contributed by atoms with van der Waals surface area (Å²) in [5.41, 5.74) is 7.30. The molecule has 1 aromatic rings. The van der Waals surface area contributed by atoms with Crippen molar-refractivity contribution in [1.29, 1.82) is 0 Å². The summed E-state index contributed by atoms with van der Waals surface area (Å²) in [6, 6.07) is 5.25. The molecule has 2 fully saturated rings. The molecule has 114 valence electrons. The lowest BCUT2D eigenvalue weighted by Crippen LogP contribution is -2.46. The van der Waals surface area contributed by atoms with Gasteiger partial charge >= 0.3 is 0 Å². The van der Waals surface area contributed by atoms with Crippen LogP contribution in [-0.4, -0.2) is 11.9 Å². The maximum Gasteiger partial charge on any atom is 0.251 e. The molecule has 3 atom stereocenters. The standard InChI is InChI=1S/C17H23ClN2O/c1-16(2)11-4-5-17(16,3)14(8-11)20-15(21)10-6-12(18)9-13(19)7-10/h6-7,9,11,14H,4-5,8,19H2,1-3H3,(H,20,21). The minimum atomic E-state index is -0.0706. The van der Waals surface area contributed by atoms with Crippen LogP contribution in [0.1, 0.15) is 50.4 Å². The van der Waals surface area contributed by atoms with E-state index in [1.54, 1.807) is 18.2 Å². The van der Waals surface area contributed by atoms with Gasteiger partial charge in [-0.2, -0.15) is 0 Å². The number of benzene rings is 1. The third kappa shape index (κ3) is 2.13. The maximum absolute atomic E-state index is 12.5. The van der Waals surface area contributed by atoms with Crippen molar-refractivity contribution in [3.05, 3.63) is 28.8 Å². The topological polar surface area (TPSA) is 55.1 Å². The van der Waals surface area contributed by atoms with Crippen LogP contribution in [0.2, 0.25) is 5.02 Å². The van der Waals surface area contributed by atoms with E-state index in [0.29, 0.717) is 22.2 Å². The second-order valence-electron chi connectivity index (χ2n) is 7.41. The Balaban J connectivity index is 1.80. The molecule has 0 aliphatic heterocycles. The number of nitrogen functional groups attached to an aromatic ring is 1. The molecule has 4 heteroatoms. The summed E-state index contributed by atoms with van der Waals surface area (Å²) in [6.07, 6.45) is 3.54. The van der Waals surface area contributed by atoms with Crippen LogP contribution >= 0.6 is 11.6 Å². The fraction of sp³-hybridized carbons (Fsp3) is 0.588. The van der Waals surface area contributed by atoms with Gasteiger partial charge in [-0.15, -0.1) is 0 Å². The zero-order valence-electron chi connectivity index (χ0n) is 12.9. The fourth-order valence-corrected chi connectivity index (χ4v) is 4.65. The van der Waals surface area contributed by atoms with E-state index < -0.39 is 0 Å². The number of nitrogens with two attached hydrogens (primary N) is 1. The average Bonchev–Trinajstić information content (AvgIpc) is 2.70. The molecule has 0 aromatic heterocycles. The number of carbonyl (C=O) groups is 1. The van der Waals surface area contributed by atoms with Crippen molar-refractivity contribution in [2.24, 2.45) is 16.7 Å². The SMILES string of the molecule is CC1(C)C2CCC1(C)C(NC(=O)c1cc(N)cc(Cl)c1)C2. The number of amides is 1. The van der Waals surface area contributed by atoms with Crippen LogP contribution in [0.4, 0.5) is 5.69 Å². The molecular weight excluding hydrogens is 284 g/mol. The third-order valence-corrected chi connectivity index (χ3v) is 6.50. The van der Waals surface area contributed by atoms with Gasteiger partial charge in [0.15, 0.2) is 0 Å². The molecule has 2 bridgehead atoms. The highest BCUT2D eigenvalue weighted by molar-refractivity contribution is 6.31. The second kappa shape index (κ2) is 4.64. The molecule has 0 heterocycles. The van der Waals surface area contributed by atoms with E-state index in [9.17, 15) is 4.79 Å². The zero-order chi connectivity index (χ0) is 15.4. The lowest BCUT2D eigenvalue weighted by atomic mass is 9.69. The molecule has 3 N–H and O–H groups in total. The molecular formula is C17H23ClN2O. The van der Waals surface area contributed by atoms with Crippen LogP contribution in [0, 0.1) is 16.7 Å². The lowest BCUT2D eigenvalue weighted by Gasteiger charge is -2.39. The number of halogens is 1. The van der Waals surface area contributed by atoms with Crippen molar-refractivity contribution in [3.63, 3.8) is 0 Å². The molecule has 3 rings (SSSR count). The van der Waals surface area contributed by atoms with Gasteiger partial charge < -0.3 is 11.1 Å². The van der Waals surface area contributed by atoms with Crippen molar-refractivity contribution < 1.29 is 4.79 Å². The van der Waals surface area contributed by atoms with Crippen LogP contribution in [0.5, 0.6) is 0 Å². The Labute approximate surface area is 131 Å². The zero-order valence-corrected chi connectivity index (χ0v) is 13.6. The smallest absolute Gasteiger partial charge is 0.251 e. The monoisotopic (exact) mass is 306 g/mol. The van der Waals surface area contributed by atoms with Crippen molar-refractivity contribution in [1.82, 2.24) is 5.32 Å². The van der Waals surface area contributed by atoms with E-state index in [1.807, 2.05) is 0 Å². The molecule has 0 saturated heterocycles. The van der Waals surface area contributed by atoms with E-state index in [-0.39, 0.29) is 22.8 Å². The average molecular weight is 307 g/mol. The van der Waals surface area contributed by atoms with Gasteiger partial charge in [0, 0.05) is 22.3 Å². The van der Waals surface area contributed by atoms with Gasteiger partial charge in [-0.25, -0.2) is 0 Å². The van der Waals surface area contributed by atoms with E-state index in [4.69, 9.17) is 17.3 Å². The highest BCUT2D eigenvalue weighted by Crippen LogP contribution is 2.65. The molecule has 21 heavy (non-hydrogen) atoms. The third-order valence-electron chi connectivity index (χ3n) is 6.28. The first-order valence-electron chi connectivity index (χ1n) is 7.61. The number of hydrogen-bond acceptors (Lipinski definition) is 2. The summed E-state index contributed by atoms with van der Waals surface area (Å²) in [5.74, 6) is 0.635. The van der Waals surface area contributed by atoms with Gasteiger partial charge in [-0.05, 0) is 54.2 Å². The van der Waals surface area contributed by atoms with Crippen LogP contribution in [0.25, 0.3) is 0 Å². The van der Waals surface area contributed by atoms with Crippen molar-refractivity contribution in [2.45, 2.75) is 46.1 Å². The van der Waals surface area contributed by atoms with E-state index in [2.05, 4.69) is 26.1 Å². The number of hydrogen-bond donors (Lipinski definition) is 2. The van der Waals surface area contributed by atoms with Gasteiger partial charge in [0.25, 0.3) is 5.91 Å². The molecule has 2 saturated carbocycles. The Morgan fingerprint density at radius 1 is 1.33 bits per heavy atom. The van der Waals surface area contributed by atoms with Crippen LogP contribution < -0.4 is 11.1 Å². The molecule has 0 radical (unpaired) electrons. The first-order chi connectivity index (χ1) is 9.74. The normalized spacial score (nSPS) is 33.1. The quantitative estimate of drug-likeness (QED) is 0.815. The number of carbonyl (C=O) groups excluding carboxylic acids is 1. The van der Waals surface area contributed by atoms with Gasteiger partial charge in [0.05, 0.1) is 0 Å². The first kappa shape index (κ1) is 14.7. The summed E-state index contributed by atoms with van der Waals surface area (Å²) in [7, 11) is 0. The summed E-state index contributed by atoms with van der Waals surface area (Å²) in [6.45, 7) is 7.00. The second-order valence-corrected chi connectivity index (χ2v) is 7.85. The molecule has 2 aliphatic carbocycles. The Morgan fingerprint density at radius 3 is 2.57 bits per heavy atom. The van der Waals surface area contributed by atoms with Gasteiger partial charge in [0.2, 0.25) is 0 Å². The molecule has 3 unspecified atom stereocenters. The molecule has 2 aliphatic rings. The molecule has 1 amide bonds. The summed E-state index contributed by atoms with van der Waals surface area (Å²) in [4.78, 5) is 12.5. The van der Waals surface area contributed by atoms with Gasteiger partial charge in [-0.3, -0.25) is 4.79 Å². The predicted molar refractivity (Wildman–Crippen MR) is 86.3 cm³/mol. The minimum Gasteiger partial charge on any atom is -0.399 e. The summed E-state index contributed by atoms with van der Waals surface area (Å²) in [5, 5.41) is 3.72. The van der Waals surface area contributed by atoms with Crippen LogP contribution in [0.15, 0.2) is 18.2 Å².